The second-order valence-electron chi connectivity index (χ2n) is 7.70. The van der Waals surface area contributed by atoms with Crippen molar-refractivity contribution in [1.82, 2.24) is 14.9 Å². The van der Waals surface area contributed by atoms with Gasteiger partial charge in [0, 0.05) is 25.0 Å². The van der Waals surface area contributed by atoms with Crippen LogP contribution in [0.2, 0.25) is 0 Å². The molecule has 3 rings (SSSR count). The number of imidazole rings is 1. The number of aromatic nitrogens is 2. The number of aliphatic hydroxyl groups is 1. The number of nitrogens with one attached hydrogen (secondary N) is 1. The van der Waals surface area contributed by atoms with Crippen LogP contribution in [0.1, 0.15) is 60.9 Å². The Bertz CT molecular complexity index is 741. The quantitative estimate of drug-likeness (QED) is 0.813. The van der Waals surface area contributed by atoms with Crippen molar-refractivity contribution < 1.29 is 9.90 Å². The smallest absolute Gasteiger partial charge is 0.251 e. The van der Waals surface area contributed by atoms with Crippen molar-refractivity contribution in [1.29, 1.82) is 0 Å². The maximum absolute atomic E-state index is 12.7. The number of amides is 1. The summed E-state index contributed by atoms with van der Waals surface area (Å²) in [4.78, 5) is 17.2. The lowest BCUT2D eigenvalue weighted by Crippen LogP contribution is -2.31. The maximum atomic E-state index is 12.7. The molecule has 1 fully saturated rings. The van der Waals surface area contributed by atoms with Gasteiger partial charge in [0.15, 0.2) is 0 Å². The number of benzene rings is 1. The Labute approximate surface area is 149 Å². The number of hydrogen-bond donors (Lipinski definition) is 2. The molecule has 5 heteroatoms. The summed E-state index contributed by atoms with van der Waals surface area (Å²) >= 11 is 0. The molecule has 0 radical (unpaired) electrons. The fourth-order valence-electron chi connectivity index (χ4n) is 3.04. The molecule has 2 aromatic rings. The topological polar surface area (TPSA) is 67.2 Å². The van der Waals surface area contributed by atoms with Crippen LogP contribution in [-0.2, 0) is 13.5 Å². The van der Waals surface area contributed by atoms with E-state index in [9.17, 15) is 9.90 Å². The minimum atomic E-state index is -0.701. The van der Waals surface area contributed by atoms with Crippen LogP contribution in [-0.4, -0.2) is 26.2 Å². The highest BCUT2D eigenvalue weighted by Crippen LogP contribution is 2.40. The molecule has 1 heterocycles. The summed E-state index contributed by atoms with van der Waals surface area (Å²) in [6, 6.07) is 7.63. The summed E-state index contributed by atoms with van der Waals surface area (Å²) in [5, 5.41) is 13.1. The third kappa shape index (κ3) is 4.69. The highest BCUT2D eigenvalue weighted by Gasteiger charge is 2.35. The molecule has 1 aromatic carbocycles. The normalized spacial score (nSPS) is 15.8. The van der Waals surface area contributed by atoms with Gasteiger partial charge in [-0.25, -0.2) is 4.98 Å². The molecular weight excluding hydrogens is 314 g/mol. The number of carbonyl (C=O) groups excluding carboxylic acids is 1. The van der Waals surface area contributed by atoms with Crippen LogP contribution in [0, 0.1) is 5.92 Å². The lowest BCUT2D eigenvalue weighted by atomic mass is 9.97. The first-order valence-corrected chi connectivity index (χ1v) is 8.93. The molecule has 0 saturated heterocycles. The molecule has 1 aromatic heterocycles. The van der Waals surface area contributed by atoms with Crippen molar-refractivity contribution in [2.75, 3.05) is 0 Å². The first-order valence-electron chi connectivity index (χ1n) is 8.93. The minimum Gasteiger partial charge on any atom is -0.390 e. The van der Waals surface area contributed by atoms with Crippen LogP contribution in [0.15, 0.2) is 36.7 Å². The van der Waals surface area contributed by atoms with Gasteiger partial charge in [-0.05, 0) is 63.1 Å². The number of nitrogens with zero attached hydrogens (tertiary/aromatic N) is 2. The Morgan fingerprint density at radius 2 is 2.20 bits per heavy atom. The molecule has 1 amide bonds. The van der Waals surface area contributed by atoms with Gasteiger partial charge in [-0.1, -0.05) is 12.1 Å². The second kappa shape index (κ2) is 7.00. The van der Waals surface area contributed by atoms with Crippen molar-refractivity contribution in [2.45, 2.75) is 51.2 Å². The van der Waals surface area contributed by atoms with Gasteiger partial charge in [-0.2, -0.15) is 0 Å². The SMILES string of the molecule is Cn1ccnc1[C@H](NC(=O)c1cccc(CCC(C)(C)O)c1)C1CC1. The molecule has 134 valence electrons. The summed E-state index contributed by atoms with van der Waals surface area (Å²) in [6.07, 6.45) is 7.35. The molecule has 25 heavy (non-hydrogen) atoms. The number of hydrogen-bond acceptors (Lipinski definition) is 3. The summed E-state index contributed by atoms with van der Waals surface area (Å²) in [7, 11) is 1.96. The Hall–Kier alpha value is -2.14. The average molecular weight is 341 g/mol. The second-order valence-corrected chi connectivity index (χ2v) is 7.70. The zero-order chi connectivity index (χ0) is 18.0. The highest BCUT2D eigenvalue weighted by atomic mass is 16.3. The number of rotatable bonds is 7. The van der Waals surface area contributed by atoms with E-state index in [1.807, 2.05) is 42.1 Å². The van der Waals surface area contributed by atoms with Crippen LogP contribution in [0.5, 0.6) is 0 Å². The predicted octanol–water partition coefficient (Wildman–Crippen LogP) is 3.00. The van der Waals surface area contributed by atoms with Gasteiger partial charge in [0.2, 0.25) is 0 Å². The van der Waals surface area contributed by atoms with E-state index in [0.717, 1.165) is 30.7 Å². The van der Waals surface area contributed by atoms with Gasteiger partial charge in [0.1, 0.15) is 5.82 Å². The first-order chi connectivity index (χ1) is 11.8. The third-order valence-electron chi connectivity index (χ3n) is 4.73. The van der Waals surface area contributed by atoms with Crippen LogP contribution < -0.4 is 5.32 Å². The average Bonchev–Trinajstić information content (AvgIpc) is 3.32. The molecule has 1 aliphatic carbocycles. The Morgan fingerprint density at radius 3 is 2.80 bits per heavy atom. The van der Waals surface area contributed by atoms with E-state index in [-0.39, 0.29) is 11.9 Å². The van der Waals surface area contributed by atoms with Gasteiger partial charge >= 0.3 is 0 Å². The molecule has 0 unspecified atom stereocenters. The van der Waals surface area contributed by atoms with E-state index < -0.39 is 5.60 Å². The zero-order valence-electron chi connectivity index (χ0n) is 15.2. The summed E-state index contributed by atoms with van der Waals surface area (Å²) < 4.78 is 1.98. The van der Waals surface area contributed by atoms with Crippen LogP contribution in [0.4, 0.5) is 0 Å². The summed E-state index contributed by atoms with van der Waals surface area (Å²) in [6.45, 7) is 3.60. The van der Waals surface area contributed by atoms with Gasteiger partial charge in [0.05, 0.1) is 11.6 Å². The third-order valence-corrected chi connectivity index (χ3v) is 4.73. The Morgan fingerprint density at radius 1 is 1.44 bits per heavy atom. The summed E-state index contributed by atoms with van der Waals surface area (Å²) in [5.74, 6) is 1.32. The van der Waals surface area contributed by atoms with Crippen molar-refractivity contribution in [3.05, 3.63) is 53.6 Å². The standard InChI is InChI=1S/C20H27N3O2/c1-20(2,25)10-9-14-5-4-6-16(13-14)19(24)22-17(15-7-8-15)18-21-11-12-23(18)3/h4-6,11-13,15,17,25H,7-10H2,1-3H3,(H,22,24)/t17-/m1/s1. The van der Waals surface area contributed by atoms with Crippen molar-refractivity contribution in [3.8, 4) is 0 Å². The maximum Gasteiger partial charge on any atom is 0.251 e. The molecule has 2 N–H and O–H groups in total. The van der Waals surface area contributed by atoms with E-state index in [2.05, 4.69) is 10.3 Å². The minimum absolute atomic E-state index is 0.0347. The lowest BCUT2D eigenvalue weighted by Gasteiger charge is -2.19. The molecule has 1 atom stereocenters. The van der Waals surface area contributed by atoms with E-state index in [0.29, 0.717) is 17.9 Å². The fourth-order valence-corrected chi connectivity index (χ4v) is 3.04. The fraction of sp³-hybridized carbons (Fsp3) is 0.500. The molecule has 0 aliphatic heterocycles. The molecule has 0 bridgehead atoms. The Balaban J connectivity index is 1.71. The van der Waals surface area contributed by atoms with Crippen molar-refractivity contribution >= 4 is 5.91 Å². The summed E-state index contributed by atoms with van der Waals surface area (Å²) in [5.41, 5.74) is 1.02. The van der Waals surface area contributed by atoms with E-state index in [4.69, 9.17) is 0 Å². The monoisotopic (exact) mass is 341 g/mol. The molecule has 5 nitrogen and oxygen atoms in total. The van der Waals surface area contributed by atoms with E-state index in [1.54, 1.807) is 20.0 Å². The van der Waals surface area contributed by atoms with Gasteiger partial charge in [0.25, 0.3) is 5.91 Å². The highest BCUT2D eigenvalue weighted by molar-refractivity contribution is 5.94. The van der Waals surface area contributed by atoms with Gasteiger partial charge in [-0.3, -0.25) is 4.79 Å². The van der Waals surface area contributed by atoms with Gasteiger partial charge in [-0.15, -0.1) is 0 Å². The molecule has 0 spiro atoms. The number of carbonyl (C=O) groups is 1. The first kappa shape index (κ1) is 17.7. The molecule has 1 aliphatic rings. The van der Waals surface area contributed by atoms with Crippen molar-refractivity contribution in [2.24, 2.45) is 13.0 Å². The number of aryl methyl sites for hydroxylation is 2. The zero-order valence-corrected chi connectivity index (χ0v) is 15.2. The van der Waals surface area contributed by atoms with Crippen LogP contribution in [0.25, 0.3) is 0 Å². The Kier molecular flexibility index (Phi) is 4.95. The van der Waals surface area contributed by atoms with E-state index >= 15 is 0 Å². The molecular formula is C20H27N3O2. The van der Waals surface area contributed by atoms with Gasteiger partial charge < -0.3 is 15.0 Å². The van der Waals surface area contributed by atoms with Crippen LogP contribution >= 0.6 is 0 Å². The van der Waals surface area contributed by atoms with E-state index in [1.165, 1.54) is 0 Å². The molecule has 1 saturated carbocycles. The largest absolute Gasteiger partial charge is 0.390 e. The van der Waals surface area contributed by atoms with Crippen LogP contribution in [0.3, 0.4) is 0 Å². The van der Waals surface area contributed by atoms with Crippen molar-refractivity contribution in [3.63, 3.8) is 0 Å². The predicted molar refractivity (Wildman–Crippen MR) is 97.2 cm³/mol. The lowest BCUT2D eigenvalue weighted by molar-refractivity contribution is 0.0714.